The van der Waals surface area contributed by atoms with Crippen LogP contribution < -0.4 is 5.32 Å². The van der Waals surface area contributed by atoms with Crippen molar-refractivity contribution in [1.82, 2.24) is 14.3 Å². The molecular formula is C23H22N4O3S. The first kappa shape index (κ1) is 19.8. The Morgan fingerprint density at radius 2 is 1.71 bits per heavy atom. The summed E-state index contributed by atoms with van der Waals surface area (Å²) < 4.78 is 27.7. The van der Waals surface area contributed by atoms with E-state index in [2.05, 4.69) is 15.3 Å². The van der Waals surface area contributed by atoms with Gasteiger partial charge in [0.2, 0.25) is 10.0 Å². The summed E-state index contributed by atoms with van der Waals surface area (Å²) in [6.07, 6.45) is 4.91. The molecule has 3 aromatic rings. The van der Waals surface area contributed by atoms with Crippen LogP contribution in [0.1, 0.15) is 39.2 Å². The summed E-state index contributed by atoms with van der Waals surface area (Å²) in [6.45, 7) is 0.806. The fourth-order valence-electron chi connectivity index (χ4n) is 4.25. The maximum Gasteiger partial charge on any atom is 0.256 e. The van der Waals surface area contributed by atoms with Crippen molar-refractivity contribution in [3.63, 3.8) is 0 Å². The van der Waals surface area contributed by atoms with Crippen molar-refractivity contribution in [3.8, 4) is 0 Å². The van der Waals surface area contributed by atoms with Crippen LogP contribution in [0.25, 0.3) is 0 Å². The Balaban J connectivity index is 1.33. The largest absolute Gasteiger partial charge is 0.306 e. The predicted octanol–water partition coefficient (Wildman–Crippen LogP) is 2.96. The molecule has 0 fully saturated rings. The second-order valence-corrected chi connectivity index (χ2v) is 9.77. The zero-order valence-corrected chi connectivity index (χ0v) is 17.7. The van der Waals surface area contributed by atoms with E-state index in [0.717, 1.165) is 36.1 Å². The smallest absolute Gasteiger partial charge is 0.256 e. The van der Waals surface area contributed by atoms with Crippen LogP contribution >= 0.6 is 0 Å². The lowest BCUT2D eigenvalue weighted by Gasteiger charge is -2.28. The number of nitrogens with one attached hydrogen (secondary N) is 1. The van der Waals surface area contributed by atoms with Crippen LogP contribution in [0.2, 0.25) is 0 Å². The lowest BCUT2D eigenvalue weighted by molar-refractivity contribution is 0.102. The highest BCUT2D eigenvalue weighted by Crippen LogP contribution is 2.27. The standard InChI is InChI=1S/C23H22N4O3S/c28-23(26-22-20-6-3-7-21(20)24-15-25-22)17-8-10-19(11-9-17)31(29,30)27-13-12-16-4-1-2-5-18(16)14-27/h1-2,4-5,8-11,15H,3,6-7,12-14H2,(H,24,25,26,28). The quantitative estimate of drug-likeness (QED) is 0.682. The molecule has 1 N–H and O–H groups in total. The first-order valence-electron chi connectivity index (χ1n) is 10.3. The Morgan fingerprint density at radius 1 is 0.935 bits per heavy atom. The molecule has 0 radical (unpaired) electrons. The maximum absolute atomic E-state index is 13.1. The number of amides is 1. The summed E-state index contributed by atoms with van der Waals surface area (Å²) >= 11 is 0. The van der Waals surface area contributed by atoms with Gasteiger partial charge in [-0.15, -0.1) is 0 Å². The van der Waals surface area contributed by atoms with Gasteiger partial charge in [-0.25, -0.2) is 18.4 Å². The molecule has 0 bridgehead atoms. The van der Waals surface area contributed by atoms with Gasteiger partial charge in [0.1, 0.15) is 12.1 Å². The third-order valence-electron chi connectivity index (χ3n) is 5.96. The number of carbonyl (C=O) groups excluding carboxylic acids is 1. The number of rotatable bonds is 4. The minimum atomic E-state index is -3.63. The summed E-state index contributed by atoms with van der Waals surface area (Å²) in [7, 11) is -3.63. The van der Waals surface area contributed by atoms with Crippen LogP contribution in [-0.4, -0.2) is 35.1 Å². The molecule has 5 rings (SSSR count). The van der Waals surface area contributed by atoms with Crippen LogP contribution in [0.15, 0.2) is 59.8 Å². The third-order valence-corrected chi connectivity index (χ3v) is 7.82. The van der Waals surface area contributed by atoms with Gasteiger partial charge >= 0.3 is 0 Å². The highest BCUT2D eigenvalue weighted by atomic mass is 32.2. The topological polar surface area (TPSA) is 92.3 Å². The Bertz CT molecular complexity index is 1260. The van der Waals surface area contributed by atoms with E-state index in [4.69, 9.17) is 0 Å². The van der Waals surface area contributed by atoms with Gasteiger partial charge in [0.05, 0.1) is 4.90 Å². The van der Waals surface area contributed by atoms with Crippen molar-refractivity contribution in [2.45, 2.75) is 37.1 Å². The van der Waals surface area contributed by atoms with Crippen molar-refractivity contribution in [3.05, 3.63) is 82.8 Å². The molecule has 0 unspecified atom stereocenters. The summed E-state index contributed by atoms with van der Waals surface area (Å²) in [6, 6.07) is 14.0. The summed E-state index contributed by atoms with van der Waals surface area (Å²) in [4.78, 5) is 21.3. The fourth-order valence-corrected chi connectivity index (χ4v) is 5.67. The second-order valence-electron chi connectivity index (χ2n) is 7.84. The molecule has 7 nitrogen and oxygen atoms in total. The molecular weight excluding hydrogens is 412 g/mol. The number of carbonyl (C=O) groups is 1. The molecule has 2 aliphatic rings. The van der Waals surface area contributed by atoms with E-state index in [1.165, 1.54) is 28.3 Å². The molecule has 2 aromatic carbocycles. The first-order chi connectivity index (χ1) is 15.0. The number of sulfonamides is 1. The summed E-state index contributed by atoms with van der Waals surface area (Å²) in [5.41, 5.74) is 4.58. The number of benzene rings is 2. The monoisotopic (exact) mass is 434 g/mol. The van der Waals surface area contributed by atoms with Crippen LogP contribution in [-0.2, 0) is 35.8 Å². The maximum atomic E-state index is 13.1. The molecule has 0 saturated heterocycles. The number of aromatic nitrogens is 2. The average Bonchev–Trinajstić information content (AvgIpc) is 3.29. The first-order valence-corrected chi connectivity index (χ1v) is 11.8. The van der Waals surface area contributed by atoms with E-state index in [0.29, 0.717) is 30.9 Å². The number of hydrogen-bond acceptors (Lipinski definition) is 5. The molecule has 158 valence electrons. The zero-order valence-electron chi connectivity index (χ0n) is 16.9. The Hall–Kier alpha value is -3.10. The van der Waals surface area contributed by atoms with Crippen LogP contribution in [0.3, 0.4) is 0 Å². The average molecular weight is 435 g/mol. The lowest BCUT2D eigenvalue weighted by atomic mass is 10.0. The normalized spacial score (nSPS) is 15.9. The molecule has 1 aliphatic carbocycles. The Kier molecular flexibility index (Phi) is 5.03. The van der Waals surface area contributed by atoms with Crippen molar-refractivity contribution in [2.24, 2.45) is 0 Å². The Morgan fingerprint density at radius 3 is 2.52 bits per heavy atom. The SMILES string of the molecule is O=C(Nc1ncnc2c1CCC2)c1ccc(S(=O)(=O)N2CCc3ccccc3C2)cc1. The zero-order chi connectivity index (χ0) is 21.4. The van der Waals surface area contributed by atoms with Crippen molar-refractivity contribution in [1.29, 1.82) is 0 Å². The minimum Gasteiger partial charge on any atom is -0.306 e. The van der Waals surface area contributed by atoms with Gasteiger partial charge < -0.3 is 5.32 Å². The lowest BCUT2D eigenvalue weighted by Crippen LogP contribution is -2.35. The Labute approximate surface area is 181 Å². The van der Waals surface area contributed by atoms with Gasteiger partial charge in [0.15, 0.2) is 0 Å². The predicted molar refractivity (Wildman–Crippen MR) is 116 cm³/mol. The second kappa shape index (κ2) is 7.86. The number of anilines is 1. The van der Waals surface area contributed by atoms with Gasteiger partial charge in [-0.3, -0.25) is 4.79 Å². The van der Waals surface area contributed by atoms with E-state index in [9.17, 15) is 13.2 Å². The van der Waals surface area contributed by atoms with Gasteiger partial charge in [0.25, 0.3) is 5.91 Å². The van der Waals surface area contributed by atoms with Crippen molar-refractivity contribution in [2.75, 3.05) is 11.9 Å². The van der Waals surface area contributed by atoms with Gasteiger partial charge in [-0.05, 0) is 61.1 Å². The van der Waals surface area contributed by atoms with Crippen molar-refractivity contribution < 1.29 is 13.2 Å². The van der Waals surface area contributed by atoms with Crippen molar-refractivity contribution >= 4 is 21.7 Å². The highest BCUT2D eigenvalue weighted by Gasteiger charge is 2.28. The molecule has 0 atom stereocenters. The molecule has 31 heavy (non-hydrogen) atoms. The van der Waals surface area contributed by atoms with Gasteiger partial charge in [-0.1, -0.05) is 24.3 Å². The van der Waals surface area contributed by atoms with Gasteiger partial charge in [0, 0.05) is 29.9 Å². The number of hydrogen-bond donors (Lipinski definition) is 1. The summed E-state index contributed by atoms with van der Waals surface area (Å²) in [5.74, 6) is 0.222. The number of fused-ring (bicyclic) bond motifs is 2. The molecule has 0 saturated carbocycles. The fraction of sp³-hybridized carbons (Fsp3) is 0.261. The van der Waals surface area contributed by atoms with Gasteiger partial charge in [-0.2, -0.15) is 4.31 Å². The van der Waals surface area contributed by atoms with E-state index >= 15 is 0 Å². The molecule has 8 heteroatoms. The van der Waals surface area contributed by atoms with E-state index in [1.807, 2.05) is 24.3 Å². The van der Waals surface area contributed by atoms with Crippen LogP contribution in [0.4, 0.5) is 5.82 Å². The molecule has 1 aliphatic heterocycles. The van der Waals surface area contributed by atoms with Crippen LogP contribution in [0.5, 0.6) is 0 Å². The van der Waals surface area contributed by atoms with E-state index in [-0.39, 0.29) is 10.8 Å². The molecule has 1 aromatic heterocycles. The minimum absolute atomic E-state index is 0.186. The third kappa shape index (κ3) is 3.73. The summed E-state index contributed by atoms with van der Waals surface area (Å²) in [5, 5.41) is 2.84. The highest BCUT2D eigenvalue weighted by molar-refractivity contribution is 7.89. The number of nitrogens with zero attached hydrogens (tertiary/aromatic N) is 3. The molecule has 0 spiro atoms. The number of aryl methyl sites for hydroxylation is 1. The molecule has 2 heterocycles. The van der Waals surface area contributed by atoms with Crippen LogP contribution in [0, 0.1) is 0 Å². The van der Waals surface area contributed by atoms with E-state index < -0.39 is 10.0 Å². The molecule has 1 amide bonds. The van der Waals surface area contributed by atoms with E-state index in [1.54, 1.807) is 12.1 Å².